The molecule has 1 aromatic heterocycles. The third-order valence-electron chi connectivity index (χ3n) is 2.60. The summed E-state index contributed by atoms with van der Waals surface area (Å²) in [5.41, 5.74) is 10.5. The molecule has 0 spiro atoms. The maximum absolute atomic E-state index is 11.7. The molecule has 2 aromatic rings. The minimum atomic E-state index is -0.554. The predicted octanol–water partition coefficient (Wildman–Crippen LogP) is 3.87. The second-order valence-corrected chi connectivity index (χ2v) is 3.86. The number of carbonyl (C=O) groups excluding carboxylic acids is 1. The molecule has 6 heteroatoms. The number of carbonyl (C=O) groups is 1. The number of rotatable bonds is 4. The van der Waals surface area contributed by atoms with E-state index < -0.39 is 5.97 Å². The predicted molar refractivity (Wildman–Crippen MR) is 74.4 cm³/mol. The molecule has 0 aliphatic rings. The molecule has 0 saturated heterocycles. The first-order chi connectivity index (χ1) is 9.76. The summed E-state index contributed by atoms with van der Waals surface area (Å²) in [6.07, 6.45) is 1.37. The summed E-state index contributed by atoms with van der Waals surface area (Å²) < 4.78 is 4.90. The van der Waals surface area contributed by atoms with Gasteiger partial charge in [-0.1, -0.05) is 35.4 Å². The number of ether oxygens (including phenoxy) is 1. The molecule has 0 bridgehead atoms. The SMILES string of the molecule is CCOC(=O)c1cnc(-c2ccccc2)cc1N=[N+]=[N-]. The molecular formula is C14H12N4O2. The number of esters is 1. The van der Waals surface area contributed by atoms with Gasteiger partial charge >= 0.3 is 5.97 Å². The van der Waals surface area contributed by atoms with Gasteiger partial charge in [0, 0.05) is 16.7 Å². The summed E-state index contributed by atoms with van der Waals surface area (Å²) in [5.74, 6) is -0.554. The lowest BCUT2D eigenvalue weighted by molar-refractivity contribution is 0.0527. The maximum atomic E-state index is 11.7. The topological polar surface area (TPSA) is 88.0 Å². The summed E-state index contributed by atoms with van der Waals surface area (Å²) in [5, 5.41) is 3.54. The quantitative estimate of drug-likeness (QED) is 0.365. The molecule has 1 aromatic carbocycles. The van der Waals surface area contributed by atoms with Gasteiger partial charge in [0.1, 0.15) is 0 Å². The highest BCUT2D eigenvalue weighted by atomic mass is 16.5. The Bertz CT molecular complexity index is 664. The van der Waals surface area contributed by atoms with Crippen molar-refractivity contribution in [2.45, 2.75) is 6.92 Å². The van der Waals surface area contributed by atoms with Crippen LogP contribution in [0.2, 0.25) is 0 Å². The molecule has 0 radical (unpaired) electrons. The van der Waals surface area contributed by atoms with Crippen LogP contribution in [-0.2, 0) is 4.74 Å². The van der Waals surface area contributed by atoms with Crippen LogP contribution in [0.25, 0.3) is 21.7 Å². The third-order valence-corrected chi connectivity index (χ3v) is 2.60. The molecular weight excluding hydrogens is 256 g/mol. The van der Waals surface area contributed by atoms with Crippen LogP contribution < -0.4 is 0 Å². The first kappa shape index (κ1) is 13.6. The molecule has 100 valence electrons. The Morgan fingerprint density at radius 2 is 2.15 bits per heavy atom. The smallest absolute Gasteiger partial charge is 0.340 e. The Labute approximate surface area is 115 Å². The zero-order valence-corrected chi connectivity index (χ0v) is 10.9. The van der Waals surface area contributed by atoms with E-state index in [0.29, 0.717) is 5.69 Å². The fraction of sp³-hybridized carbons (Fsp3) is 0.143. The van der Waals surface area contributed by atoms with E-state index in [0.717, 1.165) is 5.56 Å². The highest BCUT2D eigenvalue weighted by Gasteiger charge is 2.13. The van der Waals surface area contributed by atoms with Gasteiger partial charge in [-0.3, -0.25) is 4.98 Å². The zero-order chi connectivity index (χ0) is 14.4. The second kappa shape index (κ2) is 6.36. The summed E-state index contributed by atoms with van der Waals surface area (Å²) in [7, 11) is 0. The Balaban J connectivity index is 2.48. The molecule has 2 rings (SSSR count). The fourth-order valence-electron chi connectivity index (χ4n) is 1.71. The third kappa shape index (κ3) is 2.93. The van der Waals surface area contributed by atoms with E-state index in [9.17, 15) is 4.79 Å². The highest BCUT2D eigenvalue weighted by molar-refractivity contribution is 5.95. The highest BCUT2D eigenvalue weighted by Crippen LogP contribution is 2.26. The summed E-state index contributed by atoms with van der Waals surface area (Å²) >= 11 is 0. The van der Waals surface area contributed by atoms with Crippen molar-refractivity contribution in [1.29, 1.82) is 0 Å². The average Bonchev–Trinajstić information content (AvgIpc) is 2.48. The van der Waals surface area contributed by atoms with Crippen LogP contribution in [0.3, 0.4) is 0 Å². The van der Waals surface area contributed by atoms with Crippen molar-refractivity contribution in [2.24, 2.45) is 5.11 Å². The van der Waals surface area contributed by atoms with Crippen LogP contribution in [0.1, 0.15) is 17.3 Å². The van der Waals surface area contributed by atoms with Gasteiger partial charge in [-0.25, -0.2) is 4.79 Å². The average molecular weight is 268 g/mol. The number of hydrogen-bond acceptors (Lipinski definition) is 4. The van der Waals surface area contributed by atoms with Gasteiger partial charge in [0.2, 0.25) is 0 Å². The van der Waals surface area contributed by atoms with Gasteiger partial charge < -0.3 is 4.74 Å². The number of nitrogens with zero attached hydrogens (tertiary/aromatic N) is 4. The molecule has 0 aliphatic heterocycles. The van der Waals surface area contributed by atoms with Crippen molar-refractivity contribution in [3.63, 3.8) is 0 Å². The van der Waals surface area contributed by atoms with Crippen molar-refractivity contribution < 1.29 is 9.53 Å². The van der Waals surface area contributed by atoms with Crippen LogP contribution in [0.5, 0.6) is 0 Å². The Kier molecular flexibility index (Phi) is 4.32. The minimum absolute atomic E-state index is 0.157. The molecule has 0 aliphatic carbocycles. The van der Waals surface area contributed by atoms with Crippen molar-refractivity contribution in [2.75, 3.05) is 6.61 Å². The van der Waals surface area contributed by atoms with Gasteiger partial charge in [0.15, 0.2) is 0 Å². The van der Waals surface area contributed by atoms with Crippen LogP contribution >= 0.6 is 0 Å². The summed E-state index contributed by atoms with van der Waals surface area (Å²) in [6, 6.07) is 11.0. The van der Waals surface area contributed by atoms with E-state index in [2.05, 4.69) is 15.0 Å². The molecule has 0 N–H and O–H groups in total. The molecule has 0 atom stereocenters. The Hall–Kier alpha value is -2.85. The lowest BCUT2D eigenvalue weighted by Gasteiger charge is -2.07. The lowest BCUT2D eigenvalue weighted by Crippen LogP contribution is -2.05. The zero-order valence-electron chi connectivity index (χ0n) is 10.9. The molecule has 1 heterocycles. The number of hydrogen-bond donors (Lipinski definition) is 0. The van der Waals surface area contributed by atoms with Crippen molar-refractivity contribution in [3.8, 4) is 11.3 Å². The van der Waals surface area contributed by atoms with E-state index in [1.807, 2.05) is 30.3 Å². The molecule has 6 nitrogen and oxygen atoms in total. The normalized spacial score (nSPS) is 9.65. The first-order valence-electron chi connectivity index (χ1n) is 6.04. The lowest BCUT2D eigenvalue weighted by atomic mass is 10.1. The number of benzene rings is 1. The van der Waals surface area contributed by atoms with Crippen LogP contribution in [0.15, 0.2) is 47.7 Å². The minimum Gasteiger partial charge on any atom is -0.462 e. The Morgan fingerprint density at radius 1 is 1.40 bits per heavy atom. The molecule has 0 saturated carbocycles. The van der Waals surface area contributed by atoms with Crippen LogP contribution in [0.4, 0.5) is 5.69 Å². The molecule has 0 amide bonds. The van der Waals surface area contributed by atoms with Crippen molar-refractivity contribution >= 4 is 11.7 Å². The van der Waals surface area contributed by atoms with E-state index >= 15 is 0 Å². The van der Waals surface area contributed by atoms with Crippen LogP contribution in [-0.4, -0.2) is 17.6 Å². The van der Waals surface area contributed by atoms with Crippen molar-refractivity contribution in [1.82, 2.24) is 4.98 Å². The summed E-state index contributed by atoms with van der Waals surface area (Å²) in [4.78, 5) is 18.7. The number of aromatic nitrogens is 1. The van der Waals surface area contributed by atoms with E-state index in [4.69, 9.17) is 10.3 Å². The monoisotopic (exact) mass is 268 g/mol. The molecule has 20 heavy (non-hydrogen) atoms. The van der Waals surface area contributed by atoms with Gasteiger partial charge in [-0.05, 0) is 18.5 Å². The largest absolute Gasteiger partial charge is 0.462 e. The van der Waals surface area contributed by atoms with Crippen molar-refractivity contribution in [3.05, 3.63) is 58.6 Å². The molecule has 0 unspecified atom stereocenters. The number of azide groups is 1. The maximum Gasteiger partial charge on any atom is 0.340 e. The van der Waals surface area contributed by atoms with E-state index in [1.54, 1.807) is 13.0 Å². The second-order valence-electron chi connectivity index (χ2n) is 3.86. The van der Waals surface area contributed by atoms with Crippen LogP contribution in [0, 0.1) is 0 Å². The standard InChI is InChI=1S/C14H12N4O2/c1-2-20-14(19)11-9-16-12(8-13(11)17-18-15)10-6-4-3-5-7-10/h3-9H,2H2,1H3. The first-order valence-corrected chi connectivity index (χ1v) is 6.04. The molecule has 0 fully saturated rings. The Morgan fingerprint density at radius 3 is 2.80 bits per heavy atom. The fourth-order valence-corrected chi connectivity index (χ4v) is 1.71. The van der Waals surface area contributed by atoms with Gasteiger partial charge in [-0.15, -0.1) is 0 Å². The van der Waals surface area contributed by atoms with Gasteiger partial charge in [-0.2, -0.15) is 0 Å². The summed E-state index contributed by atoms with van der Waals surface area (Å²) in [6.45, 7) is 1.95. The van der Waals surface area contributed by atoms with E-state index in [1.165, 1.54) is 6.20 Å². The van der Waals surface area contributed by atoms with Gasteiger partial charge in [0.25, 0.3) is 0 Å². The van der Waals surface area contributed by atoms with E-state index in [-0.39, 0.29) is 17.9 Å². The number of pyridine rings is 1. The van der Waals surface area contributed by atoms with Gasteiger partial charge in [0.05, 0.1) is 23.6 Å².